The molecule has 4 aromatic rings. The van der Waals surface area contributed by atoms with Crippen molar-refractivity contribution in [1.29, 1.82) is 0 Å². The van der Waals surface area contributed by atoms with Crippen LogP contribution in [0.1, 0.15) is 22.3 Å². The number of ether oxygens (including phenoxy) is 2. The van der Waals surface area contributed by atoms with Gasteiger partial charge < -0.3 is 23.7 Å². The van der Waals surface area contributed by atoms with Gasteiger partial charge in [0.2, 0.25) is 11.7 Å². The molecule has 0 saturated carbocycles. The molecule has 0 saturated heterocycles. The molecule has 0 atom stereocenters. The van der Waals surface area contributed by atoms with Crippen molar-refractivity contribution >= 4 is 23.3 Å². The lowest BCUT2D eigenvalue weighted by Crippen LogP contribution is -2.15. The van der Waals surface area contributed by atoms with E-state index in [2.05, 4.69) is 15.5 Å². The van der Waals surface area contributed by atoms with Crippen molar-refractivity contribution in [3.05, 3.63) is 88.3 Å². The summed E-state index contributed by atoms with van der Waals surface area (Å²) in [6.45, 7) is -0.326. The van der Waals surface area contributed by atoms with Gasteiger partial charge in [0, 0.05) is 17.7 Å². The van der Waals surface area contributed by atoms with Gasteiger partial charge in [0.25, 0.3) is 11.6 Å². The van der Waals surface area contributed by atoms with E-state index in [1.54, 1.807) is 30.3 Å². The van der Waals surface area contributed by atoms with E-state index in [0.717, 1.165) is 0 Å². The minimum Gasteiger partial charge on any atom is -0.495 e. The lowest BCUT2D eigenvalue weighted by atomic mass is 10.1. The van der Waals surface area contributed by atoms with Crippen LogP contribution >= 0.6 is 0 Å². The predicted molar refractivity (Wildman–Crippen MR) is 120 cm³/mol. The summed E-state index contributed by atoms with van der Waals surface area (Å²) in [6, 6.07) is 15.6. The number of furan rings is 1. The van der Waals surface area contributed by atoms with Crippen LogP contribution in [0.5, 0.6) is 5.75 Å². The summed E-state index contributed by atoms with van der Waals surface area (Å²) in [6.07, 6.45) is -0.160. The second-order valence-corrected chi connectivity index (χ2v) is 7.07. The Labute approximate surface area is 197 Å². The average Bonchev–Trinajstić information content (AvgIpc) is 3.53. The zero-order chi connectivity index (χ0) is 24.8. The monoisotopic (exact) mass is 478 g/mol. The number of carbonyl (C=O) groups is 2. The molecule has 0 bridgehead atoms. The van der Waals surface area contributed by atoms with E-state index < -0.39 is 10.9 Å². The van der Waals surface area contributed by atoms with E-state index in [-0.39, 0.29) is 42.1 Å². The predicted octanol–water partition coefficient (Wildman–Crippen LogP) is 3.78. The number of anilines is 1. The minimum atomic E-state index is -0.771. The molecule has 1 amide bonds. The Kier molecular flexibility index (Phi) is 6.81. The van der Waals surface area contributed by atoms with Gasteiger partial charge in [-0.15, -0.1) is 0 Å². The fraction of sp³-hybridized carbons (Fsp3) is 0.130. The summed E-state index contributed by atoms with van der Waals surface area (Å²) < 4.78 is 20.8. The van der Waals surface area contributed by atoms with Gasteiger partial charge in [0.15, 0.2) is 12.4 Å². The molecular weight excluding hydrogens is 460 g/mol. The Balaban J connectivity index is 1.30. The highest BCUT2D eigenvalue weighted by Crippen LogP contribution is 2.25. The number of carbonyl (C=O) groups excluding carboxylic acids is 2. The van der Waals surface area contributed by atoms with Crippen LogP contribution < -0.4 is 10.1 Å². The van der Waals surface area contributed by atoms with Gasteiger partial charge in [-0.05, 0) is 36.4 Å². The molecular formula is C23H18N4O8. The zero-order valence-electron chi connectivity index (χ0n) is 18.3. The maximum absolute atomic E-state index is 12.3. The van der Waals surface area contributed by atoms with Crippen LogP contribution in [0, 0.1) is 10.1 Å². The molecule has 4 rings (SSSR count). The molecule has 0 fully saturated rings. The van der Waals surface area contributed by atoms with Crippen molar-refractivity contribution in [2.24, 2.45) is 0 Å². The van der Waals surface area contributed by atoms with Crippen molar-refractivity contribution in [1.82, 2.24) is 10.1 Å². The third-order valence-corrected chi connectivity index (χ3v) is 4.71. The standard InChI is InChI=1S/C23H18N4O8/c1-32-18-5-3-2-4-16(18)24-21(28)12-20-25-22(35-26-20)13-33-23(29)19-11-10-17(34-19)14-6-8-15(9-7-14)27(30)31/h2-11H,12-13H2,1H3,(H,24,28). The maximum Gasteiger partial charge on any atom is 0.374 e. The second kappa shape index (κ2) is 10.3. The third-order valence-electron chi connectivity index (χ3n) is 4.71. The van der Waals surface area contributed by atoms with Gasteiger partial charge in [-0.1, -0.05) is 17.3 Å². The van der Waals surface area contributed by atoms with Crippen LogP contribution in [-0.4, -0.2) is 34.1 Å². The smallest absolute Gasteiger partial charge is 0.374 e. The van der Waals surface area contributed by atoms with Crippen molar-refractivity contribution in [3.63, 3.8) is 0 Å². The van der Waals surface area contributed by atoms with Gasteiger partial charge >= 0.3 is 5.97 Å². The summed E-state index contributed by atoms with van der Waals surface area (Å²) in [5, 5.41) is 17.2. The lowest BCUT2D eigenvalue weighted by Gasteiger charge is -2.08. The Morgan fingerprint density at radius 3 is 2.60 bits per heavy atom. The first-order valence-corrected chi connectivity index (χ1v) is 10.2. The number of methoxy groups -OCH3 is 1. The number of hydrogen-bond donors (Lipinski definition) is 1. The number of non-ortho nitro benzene ring substituents is 1. The number of nitrogens with zero attached hydrogens (tertiary/aromatic N) is 3. The highest BCUT2D eigenvalue weighted by atomic mass is 16.6. The second-order valence-electron chi connectivity index (χ2n) is 7.07. The number of benzene rings is 2. The molecule has 0 radical (unpaired) electrons. The van der Waals surface area contributed by atoms with Crippen LogP contribution in [0.4, 0.5) is 11.4 Å². The van der Waals surface area contributed by atoms with Crippen LogP contribution in [0.15, 0.2) is 69.6 Å². The fourth-order valence-electron chi connectivity index (χ4n) is 3.06. The topological polar surface area (TPSA) is 160 Å². The van der Waals surface area contributed by atoms with Gasteiger partial charge in [0.05, 0.1) is 24.1 Å². The summed E-state index contributed by atoms with van der Waals surface area (Å²) in [4.78, 5) is 38.8. The fourth-order valence-corrected chi connectivity index (χ4v) is 3.06. The number of aromatic nitrogens is 2. The summed E-state index contributed by atoms with van der Waals surface area (Å²) in [5.41, 5.74) is 1.00. The molecule has 178 valence electrons. The molecule has 0 unspecified atom stereocenters. The number of esters is 1. The van der Waals surface area contributed by atoms with Crippen molar-refractivity contribution in [2.45, 2.75) is 13.0 Å². The first-order chi connectivity index (χ1) is 16.9. The largest absolute Gasteiger partial charge is 0.495 e. The molecule has 0 spiro atoms. The molecule has 2 heterocycles. The van der Waals surface area contributed by atoms with E-state index in [4.69, 9.17) is 18.4 Å². The van der Waals surface area contributed by atoms with Crippen LogP contribution in [0.25, 0.3) is 11.3 Å². The molecule has 0 aliphatic heterocycles. The quantitative estimate of drug-likeness (QED) is 0.213. The highest BCUT2D eigenvalue weighted by molar-refractivity contribution is 5.93. The number of nitro groups is 1. The zero-order valence-corrected chi connectivity index (χ0v) is 18.3. The number of amides is 1. The van der Waals surface area contributed by atoms with Crippen molar-refractivity contribution in [3.8, 4) is 17.1 Å². The van der Waals surface area contributed by atoms with Gasteiger partial charge in [0.1, 0.15) is 11.5 Å². The summed E-state index contributed by atoms with van der Waals surface area (Å²) in [5.74, 6) is -0.263. The van der Waals surface area contributed by atoms with Crippen LogP contribution in [0.3, 0.4) is 0 Å². The highest BCUT2D eigenvalue weighted by Gasteiger charge is 2.18. The molecule has 12 heteroatoms. The summed E-state index contributed by atoms with van der Waals surface area (Å²) >= 11 is 0. The molecule has 35 heavy (non-hydrogen) atoms. The third kappa shape index (κ3) is 5.68. The number of para-hydroxylation sites is 2. The Hall–Kier alpha value is -5.00. The molecule has 12 nitrogen and oxygen atoms in total. The normalized spacial score (nSPS) is 10.5. The van der Waals surface area contributed by atoms with Crippen LogP contribution in [0.2, 0.25) is 0 Å². The lowest BCUT2D eigenvalue weighted by molar-refractivity contribution is -0.384. The average molecular weight is 478 g/mol. The van der Waals surface area contributed by atoms with E-state index in [0.29, 0.717) is 22.8 Å². The Morgan fingerprint density at radius 2 is 1.86 bits per heavy atom. The van der Waals surface area contributed by atoms with Crippen molar-refractivity contribution in [2.75, 3.05) is 12.4 Å². The molecule has 0 aliphatic rings. The Bertz CT molecular complexity index is 1360. The van der Waals surface area contributed by atoms with E-state index in [9.17, 15) is 19.7 Å². The summed E-state index contributed by atoms with van der Waals surface area (Å²) in [7, 11) is 1.50. The molecule has 0 aliphatic carbocycles. The number of nitro benzene ring substituents is 1. The Morgan fingerprint density at radius 1 is 1.09 bits per heavy atom. The number of rotatable bonds is 9. The van der Waals surface area contributed by atoms with E-state index in [1.807, 2.05) is 0 Å². The van der Waals surface area contributed by atoms with Gasteiger partial charge in [-0.2, -0.15) is 4.98 Å². The van der Waals surface area contributed by atoms with E-state index in [1.165, 1.54) is 37.4 Å². The first kappa shape index (κ1) is 23.2. The molecule has 2 aromatic carbocycles. The minimum absolute atomic E-state index is 0.000546. The van der Waals surface area contributed by atoms with Crippen LogP contribution in [-0.2, 0) is 22.6 Å². The number of hydrogen-bond acceptors (Lipinski definition) is 10. The van der Waals surface area contributed by atoms with Gasteiger partial charge in [-0.3, -0.25) is 14.9 Å². The SMILES string of the molecule is COc1ccccc1NC(=O)Cc1noc(COC(=O)c2ccc(-c3ccc([N+](=O)[O-])cc3)o2)n1. The maximum atomic E-state index is 12.3. The van der Waals surface area contributed by atoms with Crippen molar-refractivity contribution < 1.29 is 32.9 Å². The molecule has 1 N–H and O–H groups in total. The first-order valence-electron chi connectivity index (χ1n) is 10.2. The number of nitrogens with one attached hydrogen (secondary N) is 1. The molecule has 2 aromatic heterocycles. The van der Waals surface area contributed by atoms with E-state index >= 15 is 0 Å². The van der Waals surface area contributed by atoms with Gasteiger partial charge in [-0.25, -0.2) is 4.79 Å².